The van der Waals surface area contributed by atoms with Crippen LogP contribution in [-0.4, -0.2) is 28.4 Å². The molecule has 1 heterocycles. The minimum absolute atomic E-state index is 0.0192. The van der Waals surface area contributed by atoms with Gasteiger partial charge >= 0.3 is 0 Å². The van der Waals surface area contributed by atoms with Crippen LogP contribution in [0.3, 0.4) is 0 Å². The van der Waals surface area contributed by atoms with Crippen molar-refractivity contribution >= 4 is 26.5 Å². The smallest absolute Gasteiger partial charge is 0.280 e. The number of halogens is 1. The first-order valence-electron chi connectivity index (χ1n) is 5.43. The first kappa shape index (κ1) is 14.7. The predicted molar refractivity (Wildman–Crippen MR) is 72.7 cm³/mol. The third-order valence-corrected chi connectivity index (χ3v) is 4.67. The van der Waals surface area contributed by atoms with Crippen molar-refractivity contribution in [1.29, 1.82) is 0 Å². The molecule has 0 spiro atoms. The Morgan fingerprint density at radius 3 is 2.60 bits per heavy atom. The van der Waals surface area contributed by atoms with Gasteiger partial charge in [-0.15, -0.1) is 0 Å². The summed E-state index contributed by atoms with van der Waals surface area (Å²) in [4.78, 5) is 3.74. The molecular weight excluding hydrogens is 305 g/mol. The van der Waals surface area contributed by atoms with Gasteiger partial charge in [-0.05, 0) is 18.2 Å². The first-order chi connectivity index (χ1) is 9.29. The van der Waals surface area contributed by atoms with Crippen molar-refractivity contribution in [2.75, 3.05) is 11.0 Å². The summed E-state index contributed by atoms with van der Waals surface area (Å²) in [5, 5.41) is -0.163. The Kier molecular flexibility index (Phi) is 3.91. The molecule has 2 rings (SSSR count). The number of rotatable bonds is 4. The monoisotopic (exact) mass is 317 g/mol. The zero-order valence-corrected chi connectivity index (χ0v) is 12.3. The van der Waals surface area contributed by atoms with Gasteiger partial charge in [-0.1, -0.05) is 0 Å². The molecule has 0 aliphatic carbocycles. The molecular formula is C11H12FN3O3S2. The summed E-state index contributed by atoms with van der Waals surface area (Å²) >= 11 is 0. The zero-order valence-electron chi connectivity index (χ0n) is 10.7. The van der Waals surface area contributed by atoms with Crippen molar-refractivity contribution < 1.29 is 17.0 Å². The highest BCUT2D eigenvalue weighted by Crippen LogP contribution is 2.19. The Hall–Kier alpha value is -1.74. The summed E-state index contributed by atoms with van der Waals surface area (Å²) in [6.07, 6.45) is 4.02. The number of nitrogens with zero attached hydrogens (tertiary/aromatic N) is 2. The van der Waals surface area contributed by atoms with Crippen molar-refractivity contribution in [3.8, 4) is 0 Å². The number of nitrogens with one attached hydrogen (secondary N) is 1. The van der Waals surface area contributed by atoms with Gasteiger partial charge in [0.2, 0.25) is 0 Å². The molecule has 1 aromatic heterocycles. The standard InChI is InChI=1S/C11H12FN3O3S2/c1-15-6-11(13-7-15)20(17,18)14-8-3-4-10(19(2)16)9(12)5-8/h3-7,14H,1-2H3/t19-/m0/s1. The summed E-state index contributed by atoms with van der Waals surface area (Å²) in [6, 6.07) is 3.61. The summed E-state index contributed by atoms with van der Waals surface area (Å²) in [6.45, 7) is 0. The van der Waals surface area contributed by atoms with Gasteiger partial charge in [0.1, 0.15) is 5.82 Å². The lowest BCUT2D eigenvalue weighted by Crippen LogP contribution is -2.13. The van der Waals surface area contributed by atoms with Crippen LogP contribution in [0.15, 0.2) is 40.6 Å². The Morgan fingerprint density at radius 2 is 2.10 bits per heavy atom. The summed E-state index contributed by atoms with van der Waals surface area (Å²) in [5.41, 5.74) is 0.0438. The van der Waals surface area contributed by atoms with E-state index in [-0.39, 0.29) is 15.6 Å². The lowest BCUT2D eigenvalue weighted by atomic mass is 10.3. The summed E-state index contributed by atoms with van der Waals surface area (Å²) in [5.74, 6) is -0.730. The Bertz CT molecular complexity index is 771. The van der Waals surface area contributed by atoms with E-state index in [9.17, 15) is 17.0 Å². The average molecular weight is 317 g/mol. The number of anilines is 1. The predicted octanol–water partition coefficient (Wildman–Crippen LogP) is 1.10. The van der Waals surface area contributed by atoms with Gasteiger partial charge < -0.3 is 4.57 Å². The van der Waals surface area contributed by atoms with Crippen LogP contribution in [0.5, 0.6) is 0 Å². The van der Waals surface area contributed by atoms with Crippen LogP contribution >= 0.6 is 0 Å². The molecule has 0 bridgehead atoms. The highest BCUT2D eigenvalue weighted by molar-refractivity contribution is 7.92. The number of hydrogen-bond acceptors (Lipinski definition) is 4. The number of imidazole rings is 1. The van der Waals surface area contributed by atoms with E-state index in [1.165, 1.54) is 35.5 Å². The van der Waals surface area contributed by atoms with Crippen LogP contribution < -0.4 is 4.72 Å². The van der Waals surface area contributed by atoms with Crippen molar-refractivity contribution in [2.45, 2.75) is 9.92 Å². The molecule has 2 aromatic rings. The quantitative estimate of drug-likeness (QED) is 0.915. The van der Waals surface area contributed by atoms with E-state index in [2.05, 4.69) is 9.71 Å². The minimum atomic E-state index is -3.87. The zero-order chi connectivity index (χ0) is 14.9. The van der Waals surface area contributed by atoms with Gasteiger partial charge in [0.05, 0.1) is 27.7 Å². The first-order valence-corrected chi connectivity index (χ1v) is 8.47. The molecule has 0 aliphatic rings. The minimum Gasteiger partial charge on any atom is -0.339 e. The van der Waals surface area contributed by atoms with Crippen molar-refractivity contribution in [3.05, 3.63) is 36.5 Å². The molecule has 108 valence electrons. The maximum atomic E-state index is 13.6. The molecule has 0 saturated carbocycles. The highest BCUT2D eigenvalue weighted by atomic mass is 32.2. The molecule has 1 aromatic carbocycles. The molecule has 9 heteroatoms. The maximum Gasteiger partial charge on any atom is 0.280 e. The SMILES string of the molecule is Cn1cnc(S(=O)(=O)Nc2ccc([S@](C)=O)c(F)c2)c1. The fourth-order valence-electron chi connectivity index (χ4n) is 1.53. The molecule has 20 heavy (non-hydrogen) atoms. The van der Waals surface area contributed by atoms with E-state index in [0.717, 1.165) is 6.07 Å². The second-order valence-electron chi connectivity index (χ2n) is 4.08. The van der Waals surface area contributed by atoms with Crippen molar-refractivity contribution in [1.82, 2.24) is 9.55 Å². The lowest BCUT2D eigenvalue weighted by Gasteiger charge is -2.07. The molecule has 0 unspecified atom stereocenters. The van der Waals surface area contributed by atoms with Gasteiger partial charge in [0.25, 0.3) is 10.0 Å². The second kappa shape index (κ2) is 5.33. The van der Waals surface area contributed by atoms with Crippen molar-refractivity contribution in [2.24, 2.45) is 7.05 Å². The normalized spacial score (nSPS) is 13.2. The molecule has 1 N–H and O–H groups in total. The fourth-order valence-corrected chi connectivity index (χ4v) is 3.16. The molecule has 0 fully saturated rings. The molecule has 0 saturated heterocycles. The van der Waals surface area contributed by atoms with E-state index in [4.69, 9.17) is 0 Å². The van der Waals surface area contributed by atoms with Crippen LogP contribution in [-0.2, 0) is 27.9 Å². The van der Waals surface area contributed by atoms with Gasteiger partial charge in [-0.3, -0.25) is 8.93 Å². The van der Waals surface area contributed by atoms with E-state index in [1.807, 2.05) is 0 Å². The van der Waals surface area contributed by atoms with Crippen LogP contribution in [0.2, 0.25) is 0 Å². The molecule has 0 amide bonds. The van der Waals surface area contributed by atoms with E-state index in [1.54, 1.807) is 7.05 Å². The average Bonchev–Trinajstić information content (AvgIpc) is 2.75. The number of aromatic nitrogens is 2. The molecule has 0 radical (unpaired) electrons. The highest BCUT2D eigenvalue weighted by Gasteiger charge is 2.18. The number of benzene rings is 1. The van der Waals surface area contributed by atoms with Crippen molar-refractivity contribution in [3.63, 3.8) is 0 Å². The number of sulfonamides is 1. The summed E-state index contributed by atoms with van der Waals surface area (Å²) in [7, 11) is -3.70. The van der Waals surface area contributed by atoms with Crippen LogP contribution in [0.25, 0.3) is 0 Å². The number of aryl methyl sites for hydroxylation is 1. The van der Waals surface area contributed by atoms with Gasteiger partial charge in [0.15, 0.2) is 5.03 Å². The van der Waals surface area contributed by atoms with E-state index < -0.39 is 26.6 Å². The largest absolute Gasteiger partial charge is 0.339 e. The third-order valence-electron chi connectivity index (χ3n) is 2.45. The topological polar surface area (TPSA) is 81.1 Å². The summed E-state index contributed by atoms with van der Waals surface area (Å²) < 4.78 is 52.5. The maximum absolute atomic E-state index is 13.6. The number of hydrogen-bond donors (Lipinski definition) is 1. The van der Waals surface area contributed by atoms with Gasteiger partial charge in [-0.25, -0.2) is 9.37 Å². The van der Waals surface area contributed by atoms with Gasteiger partial charge in [0, 0.05) is 19.5 Å². The fraction of sp³-hybridized carbons (Fsp3) is 0.182. The van der Waals surface area contributed by atoms with Gasteiger partial charge in [-0.2, -0.15) is 8.42 Å². The molecule has 6 nitrogen and oxygen atoms in total. The van der Waals surface area contributed by atoms with E-state index in [0.29, 0.717) is 0 Å². The molecule has 0 aliphatic heterocycles. The Labute approximate surface area is 118 Å². The van der Waals surface area contributed by atoms with Crippen LogP contribution in [0.4, 0.5) is 10.1 Å². The lowest BCUT2D eigenvalue weighted by molar-refractivity contribution is 0.595. The van der Waals surface area contributed by atoms with Crippen LogP contribution in [0, 0.1) is 5.82 Å². The molecule has 1 atom stereocenters. The van der Waals surface area contributed by atoms with E-state index >= 15 is 0 Å². The van der Waals surface area contributed by atoms with Crippen LogP contribution in [0.1, 0.15) is 0 Å². The Balaban J connectivity index is 2.30. The second-order valence-corrected chi connectivity index (χ2v) is 7.06. The third kappa shape index (κ3) is 3.05. The Morgan fingerprint density at radius 1 is 1.40 bits per heavy atom.